The molecular weight excluding hydrogens is 368 g/mol. The van der Waals surface area contributed by atoms with E-state index in [2.05, 4.69) is 15.3 Å². The molecule has 1 aromatic carbocycles. The van der Waals surface area contributed by atoms with E-state index in [-0.39, 0.29) is 18.0 Å². The van der Waals surface area contributed by atoms with Crippen molar-refractivity contribution in [2.75, 3.05) is 6.54 Å². The number of oxazole rings is 1. The standard InChI is InChI=1S/C21H24N6O2/c22-15-6-8-16(9-7-15)27-13-18(24-25-27)21(28)26-11-10-19-17(12-26)23-20(29-19)14-4-2-1-3-5-14/h1-5,13,15-16H,6-12,22H2. The monoisotopic (exact) mass is 392 g/mol. The maximum Gasteiger partial charge on any atom is 0.276 e. The molecule has 2 aliphatic rings. The Labute approximate surface area is 168 Å². The van der Waals surface area contributed by atoms with Crippen LogP contribution in [0.2, 0.25) is 0 Å². The van der Waals surface area contributed by atoms with Gasteiger partial charge in [0.25, 0.3) is 5.91 Å². The fourth-order valence-electron chi connectivity index (χ4n) is 4.16. The zero-order chi connectivity index (χ0) is 19.8. The number of hydrogen-bond acceptors (Lipinski definition) is 6. The van der Waals surface area contributed by atoms with E-state index in [1.54, 1.807) is 11.1 Å². The highest BCUT2D eigenvalue weighted by molar-refractivity contribution is 5.92. The van der Waals surface area contributed by atoms with Crippen molar-refractivity contribution >= 4 is 5.91 Å². The average molecular weight is 392 g/mol. The molecule has 1 fully saturated rings. The Morgan fingerprint density at radius 1 is 1.14 bits per heavy atom. The summed E-state index contributed by atoms with van der Waals surface area (Å²) in [6.45, 7) is 1.01. The van der Waals surface area contributed by atoms with Gasteiger partial charge in [-0.1, -0.05) is 23.4 Å². The number of benzene rings is 1. The SMILES string of the molecule is NC1CCC(n2cc(C(=O)N3CCc4oc(-c5ccccc5)nc4C3)nn2)CC1. The molecule has 0 spiro atoms. The summed E-state index contributed by atoms with van der Waals surface area (Å²) in [5.74, 6) is 1.35. The van der Waals surface area contributed by atoms with Gasteiger partial charge in [-0.3, -0.25) is 4.79 Å². The van der Waals surface area contributed by atoms with Crippen molar-refractivity contribution < 1.29 is 9.21 Å². The molecule has 2 aromatic heterocycles. The number of aromatic nitrogens is 4. The van der Waals surface area contributed by atoms with Gasteiger partial charge in [0.05, 0.1) is 18.8 Å². The van der Waals surface area contributed by atoms with Crippen LogP contribution in [-0.2, 0) is 13.0 Å². The highest BCUT2D eigenvalue weighted by atomic mass is 16.4. The average Bonchev–Trinajstić information content (AvgIpc) is 3.41. The van der Waals surface area contributed by atoms with Crippen LogP contribution in [0.4, 0.5) is 0 Å². The largest absolute Gasteiger partial charge is 0.441 e. The molecule has 1 aliphatic carbocycles. The van der Waals surface area contributed by atoms with Crippen molar-refractivity contribution in [3.63, 3.8) is 0 Å². The predicted octanol–water partition coefficient (Wildman–Crippen LogP) is 2.57. The van der Waals surface area contributed by atoms with Gasteiger partial charge in [0.1, 0.15) is 11.5 Å². The molecule has 1 saturated carbocycles. The fourth-order valence-corrected chi connectivity index (χ4v) is 4.16. The molecule has 2 N–H and O–H groups in total. The molecule has 0 unspecified atom stereocenters. The lowest BCUT2D eigenvalue weighted by Crippen LogP contribution is -2.36. The number of carbonyl (C=O) groups is 1. The Hall–Kier alpha value is -3.00. The van der Waals surface area contributed by atoms with Gasteiger partial charge in [0.15, 0.2) is 5.69 Å². The molecule has 0 atom stereocenters. The molecule has 5 rings (SSSR count). The van der Waals surface area contributed by atoms with Gasteiger partial charge in [-0.15, -0.1) is 5.10 Å². The quantitative estimate of drug-likeness (QED) is 0.735. The normalized spacial score (nSPS) is 21.8. The first kappa shape index (κ1) is 18.1. The van der Waals surface area contributed by atoms with Crippen molar-refractivity contribution in [3.8, 4) is 11.5 Å². The summed E-state index contributed by atoms with van der Waals surface area (Å²) in [7, 11) is 0. The summed E-state index contributed by atoms with van der Waals surface area (Å²) in [6.07, 6.45) is 6.35. The Balaban J connectivity index is 1.29. The third kappa shape index (κ3) is 3.55. The van der Waals surface area contributed by atoms with E-state index in [0.717, 1.165) is 42.7 Å². The number of nitrogens with two attached hydrogens (primary N) is 1. The van der Waals surface area contributed by atoms with Crippen LogP contribution in [0.25, 0.3) is 11.5 Å². The summed E-state index contributed by atoms with van der Waals surface area (Å²) < 4.78 is 7.76. The minimum atomic E-state index is -0.112. The van der Waals surface area contributed by atoms with Crippen LogP contribution in [0, 0.1) is 0 Å². The lowest BCUT2D eigenvalue weighted by molar-refractivity contribution is 0.0722. The first-order valence-corrected chi connectivity index (χ1v) is 10.2. The van der Waals surface area contributed by atoms with E-state index in [0.29, 0.717) is 31.1 Å². The molecule has 1 amide bonds. The van der Waals surface area contributed by atoms with Crippen LogP contribution >= 0.6 is 0 Å². The number of hydrogen-bond donors (Lipinski definition) is 1. The van der Waals surface area contributed by atoms with Crippen molar-refractivity contribution in [1.29, 1.82) is 0 Å². The second-order valence-electron chi connectivity index (χ2n) is 7.88. The molecule has 1 aliphatic heterocycles. The van der Waals surface area contributed by atoms with Gasteiger partial charge in [0, 0.05) is 24.6 Å². The van der Waals surface area contributed by atoms with E-state index in [9.17, 15) is 4.79 Å². The second kappa shape index (κ2) is 7.44. The number of amides is 1. The van der Waals surface area contributed by atoms with Crippen LogP contribution in [-0.4, -0.2) is 43.4 Å². The van der Waals surface area contributed by atoms with E-state index in [1.165, 1.54) is 0 Å². The zero-order valence-electron chi connectivity index (χ0n) is 16.2. The molecule has 8 heteroatoms. The highest BCUT2D eigenvalue weighted by Gasteiger charge is 2.29. The van der Waals surface area contributed by atoms with Gasteiger partial charge in [-0.2, -0.15) is 0 Å². The Morgan fingerprint density at radius 2 is 1.93 bits per heavy atom. The van der Waals surface area contributed by atoms with Crippen molar-refractivity contribution in [2.45, 2.75) is 50.7 Å². The number of carbonyl (C=O) groups excluding carboxylic acids is 1. The van der Waals surface area contributed by atoms with E-state index >= 15 is 0 Å². The van der Waals surface area contributed by atoms with E-state index in [1.807, 2.05) is 35.0 Å². The molecule has 29 heavy (non-hydrogen) atoms. The minimum Gasteiger partial charge on any atom is -0.441 e. The Bertz CT molecular complexity index is 1000. The fraction of sp³-hybridized carbons (Fsp3) is 0.429. The van der Waals surface area contributed by atoms with Crippen molar-refractivity contribution in [2.24, 2.45) is 5.73 Å². The molecular formula is C21H24N6O2. The maximum absolute atomic E-state index is 13.0. The van der Waals surface area contributed by atoms with Crippen LogP contribution in [0.3, 0.4) is 0 Å². The Kier molecular flexibility index (Phi) is 4.63. The highest BCUT2D eigenvalue weighted by Crippen LogP contribution is 2.28. The molecule has 3 heterocycles. The van der Waals surface area contributed by atoms with Gasteiger partial charge in [-0.05, 0) is 37.8 Å². The summed E-state index contributed by atoms with van der Waals surface area (Å²) in [6, 6.07) is 10.4. The summed E-state index contributed by atoms with van der Waals surface area (Å²) >= 11 is 0. The molecule has 8 nitrogen and oxygen atoms in total. The maximum atomic E-state index is 13.0. The smallest absolute Gasteiger partial charge is 0.276 e. The molecule has 3 aromatic rings. The molecule has 0 saturated heterocycles. The van der Waals surface area contributed by atoms with E-state index < -0.39 is 0 Å². The van der Waals surface area contributed by atoms with Crippen molar-refractivity contribution in [3.05, 3.63) is 53.7 Å². The number of nitrogens with zero attached hydrogens (tertiary/aromatic N) is 5. The zero-order valence-corrected chi connectivity index (χ0v) is 16.2. The molecule has 0 bridgehead atoms. The molecule has 0 radical (unpaired) electrons. The predicted molar refractivity (Wildman–Crippen MR) is 106 cm³/mol. The summed E-state index contributed by atoms with van der Waals surface area (Å²) in [5, 5.41) is 8.35. The third-order valence-corrected chi connectivity index (χ3v) is 5.88. The summed E-state index contributed by atoms with van der Waals surface area (Å²) in [4.78, 5) is 19.4. The lowest BCUT2D eigenvalue weighted by Gasteiger charge is -2.26. The second-order valence-corrected chi connectivity index (χ2v) is 7.88. The Morgan fingerprint density at radius 3 is 2.72 bits per heavy atom. The van der Waals surface area contributed by atoms with Crippen molar-refractivity contribution in [1.82, 2.24) is 24.9 Å². The number of fused-ring (bicyclic) bond motifs is 1. The minimum absolute atomic E-state index is 0.112. The summed E-state index contributed by atoms with van der Waals surface area (Å²) in [5.41, 5.74) is 8.12. The lowest BCUT2D eigenvalue weighted by atomic mass is 9.92. The van der Waals surface area contributed by atoms with E-state index in [4.69, 9.17) is 10.2 Å². The topological polar surface area (TPSA) is 103 Å². The first-order valence-electron chi connectivity index (χ1n) is 10.2. The van der Waals surface area contributed by atoms with Crippen LogP contribution in [0.15, 0.2) is 40.9 Å². The van der Waals surface area contributed by atoms with Gasteiger partial charge >= 0.3 is 0 Å². The van der Waals surface area contributed by atoms with Gasteiger partial charge in [-0.25, -0.2) is 9.67 Å². The third-order valence-electron chi connectivity index (χ3n) is 5.88. The van der Waals surface area contributed by atoms with Crippen LogP contribution in [0.5, 0.6) is 0 Å². The van der Waals surface area contributed by atoms with Crippen LogP contribution in [0.1, 0.15) is 53.7 Å². The molecule has 150 valence electrons. The van der Waals surface area contributed by atoms with Gasteiger partial charge in [0.2, 0.25) is 5.89 Å². The van der Waals surface area contributed by atoms with Gasteiger partial charge < -0.3 is 15.1 Å². The first-order chi connectivity index (χ1) is 14.2. The van der Waals surface area contributed by atoms with Crippen LogP contribution < -0.4 is 5.73 Å². The number of rotatable bonds is 3.